The molecule has 196 valence electrons. The standard InChI is InChI=1S/C28H32IN3O5/c1-5-35-26(33)25-23(29)24(19-13-15-22(16-14-19)36-21-11-7-6-8-12-21)30-32(25)20-10-9-17-31(18-20)27(34)37-28(2,3)4/h6-8,11-16,20H,5,9-10,17-18H2,1-4H3. The van der Waals surface area contributed by atoms with Gasteiger partial charge in [-0.15, -0.1) is 0 Å². The highest BCUT2D eigenvalue weighted by molar-refractivity contribution is 14.1. The van der Waals surface area contributed by atoms with Gasteiger partial charge in [-0.2, -0.15) is 5.10 Å². The molecule has 0 saturated carbocycles. The number of esters is 1. The van der Waals surface area contributed by atoms with E-state index < -0.39 is 11.6 Å². The molecule has 37 heavy (non-hydrogen) atoms. The number of piperidine rings is 1. The number of ether oxygens (including phenoxy) is 3. The Kier molecular flexibility index (Phi) is 8.41. The van der Waals surface area contributed by atoms with E-state index in [-0.39, 0.29) is 18.7 Å². The van der Waals surface area contributed by atoms with Crippen molar-refractivity contribution >= 4 is 34.7 Å². The first-order chi connectivity index (χ1) is 17.7. The van der Waals surface area contributed by atoms with Crippen LogP contribution in [0.2, 0.25) is 0 Å². The number of hydrogen-bond acceptors (Lipinski definition) is 6. The van der Waals surface area contributed by atoms with Gasteiger partial charge in [0.2, 0.25) is 0 Å². The Morgan fingerprint density at radius 2 is 1.73 bits per heavy atom. The fraction of sp³-hybridized carbons (Fsp3) is 0.393. The molecule has 1 amide bonds. The topological polar surface area (TPSA) is 82.9 Å². The molecule has 1 aliphatic heterocycles. The summed E-state index contributed by atoms with van der Waals surface area (Å²) < 4.78 is 19.3. The van der Waals surface area contributed by atoms with E-state index in [2.05, 4.69) is 22.6 Å². The van der Waals surface area contributed by atoms with Crippen LogP contribution in [0.3, 0.4) is 0 Å². The van der Waals surface area contributed by atoms with Crippen LogP contribution in [-0.2, 0) is 9.47 Å². The zero-order chi connectivity index (χ0) is 26.6. The summed E-state index contributed by atoms with van der Waals surface area (Å²) in [7, 11) is 0. The van der Waals surface area contributed by atoms with Crippen LogP contribution in [0, 0.1) is 3.57 Å². The summed E-state index contributed by atoms with van der Waals surface area (Å²) in [6, 6.07) is 17.0. The van der Waals surface area contributed by atoms with Crippen LogP contribution >= 0.6 is 22.6 Å². The van der Waals surface area contributed by atoms with Crippen LogP contribution < -0.4 is 4.74 Å². The van der Waals surface area contributed by atoms with E-state index in [9.17, 15) is 9.59 Å². The molecule has 0 bridgehead atoms. The summed E-state index contributed by atoms with van der Waals surface area (Å²) in [6.45, 7) is 8.60. The Hall–Kier alpha value is -3.08. The summed E-state index contributed by atoms with van der Waals surface area (Å²) in [4.78, 5) is 27.5. The van der Waals surface area contributed by atoms with Gasteiger partial charge in [0, 0.05) is 18.7 Å². The van der Waals surface area contributed by atoms with Crippen LogP contribution in [0.15, 0.2) is 54.6 Å². The highest BCUT2D eigenvalue weighted by Gasteiger charge is 2.33. The van der Waals surface area contributed by atoms with Crippen molar-refractivity contribution in [3.8, 4) is 22.8 Å². The summed E-state index contributed by atoms with van der Waals surface area (Å²) in [5, 5.41) is 4.88. The molecule has 3 aromatic rings. The van der Waals surface area contributed by atoms with Gasteiger partial charge in [-0.3, -0.25) is 4.68 Å². The first-order valence-electron chi connectivity index (χ1n) is 12.4. The molecule has 0 radical (unpaired) electrons. The van der Waals surface area contributed by atoms with Gasteiger partial charge in [-0.1, -0.05) is 18.2 Å². The molecule has 1 atom stereocenters. The second-order valence-corrected chi connectivity index (χ2v) is 10.9. The van der Waals surface area contributed by atoms with E-state index in [1.54, 1.807) is 16.5 Å². The maximum Gasteiger partial charge on any atom is 0.410 e. The average molecular weight is 617 g/mol. The number of carbonyl (C=O) groups is 2. The second kappa shape index (κ2) is 11.5. The summed E-state index contributed by atoms with van der Waals surface area (Å²) in [6.07, 6.45) is 1.21. The number of benzene rings is 2. The maximum absolute atomic E-state index is 13.0. The number of carbonyl (C=O) groups excluding carboxylic acids is 2. The minimum absolute atomic E-state index is 0.177. The molecule has 1 unspecified atom stereocenters. The van der Waals surface area contributed by atoms with E-state index >= 15 is 0 Å². The fourth-order valence-corrected chi connectivity index (χ4v) is 5.08. The van der Waals surface area contributed by atoms with Crippen molar-refractivity contribution in [3.63, 3.8) is 0 Å². The zero-order valence-electron chi connectivity index (χ0n) is 21.6. The van der Waals surface area contributed by atoms with Crippen molar-refractivity contribution in [2.45, 2.75) is 52.2 Å². The average Bonchev–Trinajstić information content (AvgIpc) is 3.21. The Morgan fingerprint density at radius 3 is 2.38 bits per heavy atom. The molecule has 1 fully saturated rings. The highest BCUT2D eigenvalue weighted by Crippen LogP contribution is 2.33. The first kappa shape index (κ1) is 27.0. The molecule has 2 aromatic carbocycles. The molecule has 9 heteroatoms. The summed E-state index contributed by atoms with van der Waals surface area (Å²) in [5.74, 6) is 1.03. The predicted octanol–water partition coefficient (Wildman–Crippen LogP) is 6.70. The first-order valence-corrected chi connectivity index (χ1v) is 13.5. The van der Waals surface area contributed by atoms with Crippen LogP contribution in [0.5, 0.6) is 11.5 Å². The number of likely N-dealkylation sites (tertiary alicyclic amines) is 1. The van der Waals surface area contributed by atoms with Crippen molar-refractivity contribution in [2.75, 3.05) is 19.7 Å². The lowest BCUT2D eigenvalue weighted by Gasteiger charge is -2.34. The molecule has 8 nitrogen and oxygen atoms in total. The number of hydrogen-bond donors (Lipinski definition) is 0. The largest absolute Gasteiger partial charge is 0.461 e. The van der Waals surface area contributed by atoms with Gasteiger partial charge < -0.3 is 19.1 Å². The Morgan fingerprint density at radius 1 is 1.05 bits per heavy atom. The van der Waals surface area contributed by atoms with Crippen molar-refractivity contribution in [1.82, 2.24) is 14.7 Å². The highest BCUT2D eigenvalue weighted by atomic mass is 127. The molecule has 0 aliphatic carbocycles. The quantitative estimate of drug-likeness (QED) is 0.226. The number of aromatic nitrogens is 2. The van der Waals surface area contributed by atoms with E-state index in [0.717, 1.165) is 24.2 Å². The third kappa shape index (κ3) is 6.63. The predicted molar refractivity (Wildman–Crippen MR) is 149 cm³/mol. The van der Waals surface area contributed by atoms with Crippen LogP contribution in [0.1, 0.15) is 57.1 Å². The Balaban J connectivity index is 1.62. The smallest absolute Gasteiger partial charge is 0.410 e. The monoisotopic (exact) mass is 617 g/mol. The molecule has 1 aliphatic rings. The lowest BCUT2D eigenvalue weighted by Crippen LogP contribution is -2.44. The number of rotatable bonds is 6. The molecule has 2 heterocycles. The third-order valence-electron chi connectivity index (χ3n) is 5.82. The van der Waals surface area contributed by atoms with E-state index in [0.29, 0.717) is 33.8 Å². The zero-order valence-corrected chi connectivity index (χ0v) is 23.7. The van der Waals surface area contributed by atoms with Crippen molar-refractivity contribution < 1.29 is 23.8 Å². The van der Waals surface area contributed by atoms with Gasteiger partial charge in [-0.05, 0) is 99.5 Å². The normalized spacial score (nSPS) is 15.8. The third-order valence-corrected chi connectivity index (χ3v) is 6.84. The van der Waals surface area contributed by atoms with Crippen molar-refractivity contribution in [3.05, 3.63) is 63.9 Å². The van der Waals surface area contributed by atoms with E-state index in [1.807, 2.05) is 75.4 Å². The van der Waals surface area contributed by atoms with Gasteiger partial charge in [0.15, 0.2) is 5.69 Å². The van der Waals surface area contributed by atoms with Crippen LogP contribution in [-0.4, -0.2) is 52.0 Å². The number of amides is 1. The number of halogens is 1. The summed E-state index contributed by atoms with van der Waals surface area (Å²) in [5.41, 5.74) is 1.36. The van der Waals surface area contributed by atoms with Crippen LogP contribution in [0.25, 0.3) is 11.3 Å². The fourth-order valence-electron chi connectivity index (χ4n) is 4.20. The van der Waals surface area contributed by atoms with Crippen molar-refractivity contribution in [1.29, 1.82) is 0 Å². The minimum atomic E-state index is -0.579. The molecular formula is C28H32IN3O5. The van der Waals surface area contributed by atoms with E-state index in [4.69, 9.17) is 19.3 Å². The van der Waals surface area contributed by atoms with Gasteiger partial charge in [0.25, 0.3) is 0 Å². The Labute approximate surface area is 231 Å². The summed E-state index contributed by atoms with van der Waals surface area (Å²) >= 11 is 2.16. The van der Waals surface area contributed by atoms with Gasteiger partial charge >= 0.3 is 12.1 Å². The van der Waals surface area contributed by atoms with Gasteiger partial charge in [-0.25, -0.2) is 9.59 Å². The molecule has 1 saturated heterocycles. The SMILES string of the molecule is CCOC(=O)c1c(I)c(-c2ccc(Oc3ccccc3)cc2)nn1C1CCCN(C(=O)OC(C)(C)C)C1. The number of para-hydroxylation sites is 1. The minimum Gasteiger partial charge on any atom is -0.461 e. The van der Waals surface area contributed by atoms with Gasteiger partial charge in [0.1, 0.15) is 22.8 Å². The number of nitrogens with zero attached hydrogens (tertiary/aromatic N) is 3. The maximum atomic E-state index is 13.0. The van der Waals surface area contributed by atoms with E-state index in [1.165, 1.54) is 0 Å². The second-order valence-electron chi connectivity index (χ2n) is 9.84. The van der Waals surface area contributed by atoms with Gasteiger partial charge in [0.05, 0.1) is 16.2 Å². The molecule has 1 aromatic heterocycles. The van der Waals surface area contributed by atoms with Crippen molar-refractivity contribution in [2.24, 2.45) is 0 Å². The molecule has 0 spiro atoms. The molecule has 0 N–H and O–H groups in total. The molecular weight excluding hydrogens is 585 g/mol. The lowest BCUT2D eigenvalue weighted by atomic mass is 10.1. The van der Waals surface area contributed by atoms with Crippen LogP contribution in [0.4, 0.5) is 4.79 Å². The molecule has 4 rings (SSSR count). The lowest BCUT2D eigenvalue weighted by molar-refractivity contribution is 0.0165. The Bertz CT molecular complexity index is 1240.